The van der Waals surface area contributed by atoms with Gasteiger partial charge < -0.3 is 39.7 Å². The first-order chi connectivity index (χ1) is 46.0. The van der Waals surface area contributed by atoms with E-state index in [4.69, 9.17) is 21.1 Å². The van der Waals surface area contributed by atoms with E-state index in [0.29, 0.717) is 151 Å². The summed E-state index contributed by atoms with van der Waals surface area (Å²) in [6.07, 6.45) is 5.63. The molecular formula is C70H66BrClN14O10. The second kappa shape index (κ2) is 29.4. The first-order valence-electron chi connectivity index (χ1n) is 30.6. The number of hydrogen-bond acceptors (Lipinski definition) is 18. The topological polar surface area (TPSA) is 301 Å². The van der Waals surface area contributed by atoms with Crippen LogP contribution in [0.2, 0.25) is 5.15 Å². The molecule has 8 aromatic rings. The summed E-state index contributed by atoms with van der Waals surface area (Å²) < 4.78 is 13.5. The number of pyridine rings is 2. The number of amides is 4. The molecule has 8 heterocycles. The van der Waals surface area contributed by atoms with E-state index >= 15 is 0 Å². The molecule has 4 aliphatic rings. The highest BCUT2D eigenvalue weighted by Gasteiger charge is 2.33. The Kier molecular flexibility index (Phi) is 20.9. The Balaban J connectivity index is 0.000000172. The third-order valence-electron chi connectivity index (χ3n) is 16.8. The molecule has 0 spiro atoms. The molecule has 2 fully saturated rings. The van der Waals surface area contributed by atoms with Gasteiger partial charge in [0.2, 0.25) is 0 Å². The minimum Gasteiger partial charge on any atom is -0.378 e. The molecule has 0 unspecified atom stereocenters. The number of fused-ring (bicyclic) bond motifs is 2. The van der Waals surface area contributed by atoms with Crippen molar-refractivity contribution in [3.63, 3.8) is 0 Å². The van der Waals surface area contributed by atoms with Crippen LogP contribution >= 0.6 is 27.5 Å². The quantitative estimate of drug-likeness (QED) is 0.102. The molecule has 0 aliphatic carbocycles. The molecule has 2 saturated heterocycles. The number of benzene rings is 4. The number of ether oxygens (including phenoxy) is 2. The van der Waals surface area contributed by atoms with Gasteiger partial charge in [-0.3, -0.25) is 38.4 Å². The van der Waals surface area contributed by atoms with Crippen LogP contribution in [-0.2, 0) is 47.2 Å². The summed E-state index contributed by atoms with van der Waals surface area (Å²) in [4.78, 5) is 116. The summed E-state index contributed by atoms with van der Waals surface area (Å²) in [7, 11) is 3.02. The highest BCUT2D eigenvalue weighted by atomic mass is 79.9. The maximum absolute atomic E-state index is 13.7. The molecule has 490 valence electrons. The Hall–Kier alpha value is -10.6. The number of anilines is 6. The number of morpholine rings is 2. The molecule has 4 aromatic carbocycles. The van der Waals surface area contributed by atoms with Crippen molar-refractivity contribution in [2.75, 3.05) is 86.1 Å². The van der Waals surface area contributed by atoms with Gasteiger partial charge in [-0.2, -0.15) is 20.7 Å². The van der Waals surface area contributed by atoms with E-state index in [1.807, 2.05) is 52.0 Å². The van der Waals surface area contributed by atoms with Crippen LogP contribution in [-0.4, -0.2) is 141 Å². The number of nitrogens with zero attached hydrogens (tertiary/aromatic N) is 12. The maximum atomic E-state index is 13.7. The number of aryl methyl sites for hydroxylation is 2. The largest absolute Gasteiger partial charge is 0.378 e. The van der Waals surface area contributed by atoms with Gasteiger partial charge in [0, 0.05) is 98.6 Å². The number of nitrogens with one attached hydrogen (secondary N) is 2. The van der Waals surface area contributed by atoms with Crippen LogP contribution < -0.4 is 31.6 Å². The van der Waals surface area contributed by atoms with Crippen LogP contribution in [0.4, 0.5) is 34.4 Å². The molecule has 2 N–H and O–H groups in total. The van der Waals surface area contributed by atoms with Crippen LogP contribution in [0.1, 0.15) is 112 Å². The summed E-state index contributed by atoms with van der Waals surface area (Å²) in [5, 5.41) is 33.2. The van der Waals surface area contributed by atoms with E-state index in [-0.39, 0.29) is 51.3 Å². The molecule has 4 aliphatic heterocycles. The summed E-state index contributed by atoms with van der Waals surface area (Å²) in [6, 6.07) is 35.7. The normalized spacial score (nSPS) is 14.5. The Morgan fingerprint density at radius 1 is 0.573 bits per heavy atom. The van der Waals surface area contributed by atoms with E-state index in [9.17, 15) is 48.9 Å². The average molecular weight is 1380 g/mol. The molecule has 0 bridgehead atoms. The number of hydrogen-bond donors (Lipinski definition) is 2. The summed E-state index contributed by atoms with van der Waals surface area (Å²) in [6.45, 7) is 12.5. The Morgan fingerprint density at radius 3 is 1.47 bits per heavy atom. The van der Waals surface area contributed by atoms with Gasteiger partial charge in [-0.05, 0) is 139 Å². The van der Waals surface area contributed by atoms with E-state index in [2.05, 4.69) is 58.9 Å². The van der Waals surface area contributed by atoms with Crippen molar-refractivity contribution in [2.45, 2.75) is 51.4 Å². The summed E-state index contributed by atoms with van der Waals surface area (Å²) in [5.74, 6) is 0.197. The standard InChI is InChI=1S/C35H33N7O5.C20H17BrN2O2.C15H16ClN5O3/c1-35(2,21-36)24-8-9-25-22(17-24)11-12-42(33(25)45)30-6-4-5-26(27(30)20-43)28-18-29(34(46)40(3)39-28)38-31-10-7-23(19-37-31)32(44)41-13-15-47-16-14-41;1-20(2,12-22)14-6-7-15-13(10-14)8-9-23(19(15)25)18-5-3-4-17(21)16(18)11-24;1-20-15(23)11(8-12(16)19-20)18-13-3-2-10(9-17-13)14(22)21-4-6-24-7-5-21/h4-10,17-20H,11-16H2,1-3H3,(H,37,38);3-7,10-11H,8-9H2,1-2H3;2-3,8-9H,4-7H2,1H3,(H,17,18). The number of rotatable bonds is 13. The fourth-order valence-corrected chi connectivity index (χ4v) is 11.9. The number of carbonyl (C=O) groups is 6. The van der Waals surface area contributed by atoms with E-state index < -0.39 is 16.4 Å². The Labute approximate surface area is 565 Å². The van der Waals surface area contributed by atoms with Crippen LogP contribution in [0.5, 0.6) is 0 Å². The number of aldehydes is 2. The lowest BCUT2D eigenvalue weighted by atomic mass is 9.83. The molecule has 12 rings (SSSR count). The molecule has 96 heavy (non-hydrogen) atoms. The zero-order valence-electron chi connectivity index (χ0n) is 53.4. The van der Waals surface area contributed by atoms with Gasteiger partial charge in [-0.25, -0.2) is 19.3 Å². The minimum atomic E-state index is -0.688. The molecule has 0 radical (unpaired) electrons. The van der Waals surface area contributed by atoms with Crippen molar-refractivity contribution >= 4 is 98.1 Å². The third-order valence-corrected chi connectivity index (χ3v) is 17.7. The highest BCUT2D eigenvalue weighted by molar-refractivity contribution is 9.10. The highest BCUT2D eigenvalue weighted by Crippen LogP contribution is 2.36. The van der Waals surface area contributed by atoms with Gasteiger partial charge in [-0.1, -0.05) is 54.1 Å². The van der Waals surface area contributed by atoms with Crippen molar-refractivity contribution < 1.29 is 38.2 Å². The number of carbonyl (C=O) groups excluding carboxylic acids is 6. The van der Waals surface area contributed by atoms with Gasteiger partial charge in [0.05, 0.1) is 83.2 Å². The summed E-state index contributed by atoms with van der Waals surface area (Å²) in [5.41, 5.74) is 6.58. The first kappa shape index (κ1) is 68.3. The zero-order valence-corrected chi connectivity index (χ0v) is 55.7. The SMILES string of the molecule is CC(C)(C#N)c1ccc2c(c1)CCN(c1cccc(Br)c1C=O)C2=O.Cn1nc(-c2cccc(N3CCc4cc(C(C)(C)C#N)ccc4C3=O)c2C=O)cc(Nc2ccc(C(=O)N3CCOCC3)cn2)c1=O.Cn1nc(Cl)cc(Nc2ccc(C(=O)N3CCOCC3)cn2)c1=O. The summed E-state index contributed by atoms with van der Waals surface area (Å²) >= 11 is 9.21. The lowest BCUT2D eigenvalue weighted by Crippen LogP contribution is -2.40. The van der Waals surface area contributed by atoms with Crippen LogP contribution in [0.25, 0.3) is 11.3 Å². The molecule has 0 saturated carbocycles. The number of nitriles is 2. The molecule has 4 amide bonds. The van der Waals surface area contributed by atoms with E-state index in [1.54, 1.807) is 92.4 Å². The first-order valence-corrected chi connectivity index (χ1v) is 31.8. The fourth-order valence-electron chi connectivity index (χ4n) is 11.2. The second-order valence-corrected chi connectivity index (χ2v) is 25.1. The minimum absolute atomic E-state index is 0.0831. The lowest BCUT2D eigenvalue weighted by molar-refractivity contribution is 0.0301. The maximum Gasteiger partial charge on any atom is 0.290 e. The Morgan fingerprint density at radius 2 is 1.02 bits per heavy atom. The van der Waals surface area contributed by atoms with Gasteiger partial charge in [-0.15, -0.1) is 0 Å². The fraction of sp³-hybridized carbons (Fsp3) is 0.286. The van der Waals surface area contributed by atoms with Crippen LogP contribution in [0.3, 0.4) is 0 Å². The molecule has 0 atom stereocenters. The van der Waals surface area contributed by atoms with Crippen molar-refractivity contribution in [1.82, 2.24) is 39.3 Å². The predicted molar refractivity (Wildman–Crippen MR) is 364 cm³/mol. The average Bonchev–Trinajstić information content (AvgIpc) is 0.777. The van der Waals surface area contributed by atoms with E-state index in [0.717, 1.165) is 37.9 Å². The van der Waals surface area contributed by atoms with Gasteiger partial charge in [0.15, 0.2) is 17.7 Å². The number of halogens is 2. The van der Waals surface area contributed by atoms with Gasteiger partial charge in [0.25, 0.3) is 34.7 Å². The number of aromatic nitrogens is 6. The van der Waals surface area contributed by atoms with Crippen molar-refractivity contribution in [3.8, 4) is 23.4 Å². The molecule has 24 nitrogen and oxygen atoms in total. The van der Waals surface area contributed by atoms with Crippen molar-refractivity contribution in [2.24, 2.45) is 14.1 Å². The zero-order chi connectivity index (χ0) is 68.6. The van der Waals surface area contributed by atoms with Gasteiger partial charge in [0.1, 0.15) is 23.0 Å². The lowest BCUT2D eigenvalue weighted by Gasteiger charge is -2.31. The molecule has 26 heteroatoms. The van der Waals surface area contributed by atoms with Crippen LogP contribution in [0.15, 0.2) is 136 Å². The Bertz CT molecular complexity index is 4570. The van der Waals surface area contributed by atoms with Crippen molar-refractivity contribution in [3.05, 3.63) is 208 Å². The van der Waals surface area contributed by atoms with Crippen LogP contribution in [0, 0.1) is 22.7 Å². The third kappa shape index (κ3) is 14.8. The van der Waals surface area contributed by atoms with Gasteiger partial charge >= 0.3 is 0 Å². The van der Waals surface area contributed by atoms with E-state index in [1.165, 1.54) is 38.6 Å². The monoisotopic (exact) mass is 1380 g/mol. The predicted octanol–water partition coefficient (Wildman–Crippen LogP) is 9.19. The molecule has 4 aromatic heterocycles. The van der Waals surface area contributed by atoms with Crippen molar-refractivity contribution in [1.29, 1.82) is 10.5 Å². The molecular weight excluding hydrogens is 1310 g/mol. The smallest absolute Gasteiger partial charge is 0.290 e. The second-order valence-electron chi connectivity index (χ2n) is 23.9.